The van der Waals surface area contributed by atoms with Gasteiger partial charge in [-0.1, -0.05) is 83.1 Å². The summed E-state index contributed by atoms with van der Waals surface area (Å²) < 4.78 is 64.2. The van der Waals surface area contributed by atoms with E-state index in [0.717, 1.165) is 61.2 Å². The summed E-state index contributed by atoms with van der Waals surface area (Å²) in [7, 11) is 1.43. The van der Waals surface area contributed by atoms with Crippen molar-refractivity contribution in [2.24, 2.45) is 5.92 Å². The van der Waals surface area contributed by atoms with Crippen molar-refractivity contribution < 1.29 is 73.4 Å². The van der Waals surface area contributed by atoms with Gasteiger partial charge in [-0.3, -0.25) is 22.8 Å². The number of aromatic nitrogens is 20. The summed E-state index contributed by atoms with van der Waals surface area (Å²) in [6.45, 7) is 42.8. The molecule has 662 valence electrons. The van der Waals surface area contributed by atoms with Crippen LogP contribution < -0.4 is 27.4 Å². The van der Waals surface area contributed by atoms with Crippen molar-refractivity contribution in [1.29, 1.82) is 5.26 Å². The molecule has 10 N–H and O–H groups in total. The molecule has 10 aromatic rings. The molecule has 5 aliphatic heterocycles. The smallest absolute Gasteiger partial charge is 0.414 e. The zero-order chi connectivity index (χ0) is 86.7. The maximum atomic E-state index is 9.93. The van der Waals surface area contributed by atoms with Gasteiger partial charge >= 0.3 is 16.5 Å². The van der Waals surface area contributed by atoms with E-state index < -0.39 is 41.2 Å². The molecule has 0 amide bonds. The Morgan fingerprint density at radius 3 is 1.21 bits per heavy atom. The maximum absolute atomic E-state index is 9.93. The third kappa shape index (κ3) is 23.3. The van der Waals surface area contributed by atoms with Gasteiger partial charge < -0.3 is 98.2 Å². The zero-order valence-corrected chi connectivity index (χ0v) is 76.6. The van der Waals surface area contributed by atoms with Crippen molar-refractivity contribution >= 4 is 111 Å². The molecule has 38 nitrogen and oxygen atoms in total. The number of imidazole rings is 5. The van der Waals surface area contributed by atoms with Crippen LogP contribution >= 0.6 is 9.03 Å². The molecule has 0 bridgehead atoms. The first kappa shape index (κ1) is 97.6. The van der Waals surface area contributed by atoms with Crippen LogP contribution in [0.2, 0.25) is 36.3 Å². The second-order valence-electron chi connectivity index (χ2n) is 32.4. The third-order valence-corrected chi connectivity index (χ3v) is 31.8. The minimum Gasteiger partial charge on any atom is -0.414 e. The molecule has 0 aromatic carbocycles. The monoisotopic (exact) mass is 1760 g/mol. The molecule has 0 aliphatic carbocycles. The van der Waals surface area contributed by atoms with Gasteiger partial charge in [-0.2, -0.15) is 18.1 Å². The molecule has 10 aromatic heterocycles. The van der Waals surface area contributed by atoms with Crippen molar-refractivity contribution in [2.45, 2.75) is 276 Å². The molecule has 0 saturated carbocycles. The van der Waals surface area contributed by atoms with Crippen LogP contribution in [-0.2, 0) is 58.1 Å². The Bertz CT molecular complexity index is 4750. The van der Waals surface area contributed by atoms with Crippen LogP contribution in [0, 0.1) is 31.1 Å². The van der Waals surface area contributed by atoms with Gasteiger partial charge in [0.1, 0.15) is 103 Å². The number of nitrogen functional groups attached to an aromatic ring is 2. The Balaban J connectivity index is 0.000000186. The van der Waals surface area contributed by atoms with E-state index in [1.165, 1.54) is 25.3 Å². The number of fused-ring (bicyclic) bond motifs is 5. The first-order chi connectivity index (χ1) is 56.8. The average molecular weight is 1760 g/mol. The van der Waals surface area contributed by atoms with E-state index >= 15 is 0 Å². The molecule has 15 heterocycles. The van der Waals surface area contributed by atoms with Crippen molar-refractivity contribution in [1.82, 2.24) is 97.6 Å². The summed E-state index contributed by atoms with van der Waals surface area (Å²) >= 11 is 0. The maximum Gasteiger partial charge on any atom is 2.00 e. The van der Waals surface area contributed by atoms with Crippen LogP contribution in [-0.4, -0.2) is 225 Å². The number of hydrogen-bond acceptors (Lipinski definition) is 33. The molecule has 16 atom stereocenters. The van der Waals surface area contributed by atoms with E-state index in [9.17, 15) is 10.2 Å². The average Bonchev–Trinajstić information content (AvgIpc) is 1.99. The van der Waals surface area contributed by atoms with Crippen molar-refractivity contribution in [3.05, 3.63) is 77.1 Å². The second-order valence-corrected chi connectivity index (χ2v) is 42.6. The molecule has 5 aliphatic rings. The van der Waals surface area contributed by atoms with Crippen LogP contribution in [0.5, 0.6) is 0 Å². The molecular formula is C78H125N26NiO12PSi2. The largest absolute Gasteiger partial charge is 2.00 e. The van der Waals surface area contributed by atoms with Crippen molar-refractivity contribution in [3.8, 4) is 6.07 Å². The Hall–Kier alpha value is -7.88. The molecule has 15 rings (SSSR count). The number of nitrogens with one attached hydrogen (secondary N) is 3. The quantitative estimate of drug-likeness (QED) is 0.0135. The Morgan fingerprint density at radius 2 is 0.842 bits per heavy atom. The van der Waals surface area contributed by atoms with Crippen molar-refractivity contribution in [3.63, 3.8) is 0 Å². The number of nitriles is 1. The van der Waals surface area contributed by atoms with Gasteiger partial charge in [-0.25, -0.2) is 74.8 Å². The number of aliphatic hydroxyl groups is 3. The normalized spacial score (nSPS) is 24.1. The first-order valence-electron chi connectivity index (χ1n) is 40.8. The molecule has 120 heavy (non-hydrogen) atoms. The fraction of sp³-hybridized carbons (Fsp3) is 0.641. The summed E-state index contributed by atoms with van der Waals surface area (Å²) in [4.78, 5) is 63.5. The van der Waals surface area contributed by atoms with Crippen LogP contribution in [0.4, 0.5) is 29.1 Å². The Labute approximate surface area is 716 Å². The number of aliphatic hydroxyl groups excluding tert-OH is 3. The van der Waals surface area contributed by atoms with Gasteiger partial charge in [-0.05, 0) is 67.9 Å². The molecule has 42 heteroatoms. The minimum atomic E-state index is -2.00. The van der Waals surface area contributed by atoms with E-state index in [0.29, 0.717) is 120 Å². The molecule has 1 unspecified atom stereocenters. The van der Waals surface area contributed by atoms with Crippen LogP contribution in [0.1, 0.15) is 185 Å². The summed E-state index contributed by atoms with van der Waals surface area (Å²) in [6, 6.07) is 2.04. The van der Waals surface area contributed by atoms with Gasteiger partial charge in [0.2, 0.25) is 0 Å². The van der Waals surface area contributed by atoms with E-state index in [1.807, 2.05) is 52.2 Å². The fourth-order valence-corrected chi connectivity index (χ4v) is 16.5. The topological polar surface area (TPSA) is 474 Å². The van der Waals surface area contributed by atoms with Gasteiger partial charge in [0.15, 0.2) is 83.0 Å². The number of rotatable bonds is 22. The van der Waals surface area contributed by atoms with Gasteiger partial charge in [0, 0.05) is 46.8 Å². The summed E-state index contributed by atoms with van der Waals surface area (Å²) in [5.74, 6) is 3.37. The van der Waals surface area contributed by atoms with Gasteiger partial charge in [0.25, 0.3) is 0 Å². The van der Waals surface area contributed by atoms with Crippen LogP contribution in [0.15, 0.2) is 63.3 Å². The number of nitrogens with two attached hydrogens (primary N) is 2. The predicted octanol–water partition coefficient (Wildman–Crippen LogP) is 12.1. The minimum absolute atomic E-state index is 0. The van der Waals surface area contributed by atoms with E-state index in [2.05, 4.69) is 193 Å². The molecule has 0 spiro atoms. The molecular weight excluding hydrogens is 1640 g/mol. The Morgan fingerprint density at radius 1 is 0.500 bits per heavy atom. The number of ether oxygens (including phenoxy) is 5. The SMILES string of the molecule is CC(C)(C)[Si](C)(C)OC[C@H]1O[C@@H](n2cnc3c(N)ncnc32)C[C@H]1O[Si](C)(C)C(C)(C)C.CC[C@H]1O[C@@H](n2cnc3c(NC)ncnc32)C[C@H]1C.CC[C@H]1O[C@@H](n2cnc3c(NC)ncnc32)C[C@H]1O.CC[C@H]1O[C@@H](n2cnc3c(NC)ncnc32)C[C@H]1OPOCCC#N.Nc1ncnc2c1ncn2[C@H]1C[C@@H](O)[C@@H](CO)O1.[CH2-]CC.[CH2-]CC.[Ni+2]. The van der Waals surface area contributed by atoms with E-state index in [4.69, 9.17) is 63.4 Å². The third-order valence-electron chi connectivity index (χ3n) is 22.0. The summed E-state index contributed by atoms with van der Waals surface area (Å²) in [5, 5.41) is 46.5. The van der Waals surface area contributed by atoms with Crippen LogP contribution in [0.3, 0.4) is 0 Å². The first-order valence-corrected chi connectivity index (χ1v) is 47.4. The summed E-state index contributed by atoms with van der Waals surface area (Å²) in [6.07, 6.45) is 21.5. The fourth-order valence-electron chi connectivity index (χ4n) is 13.5. The number of anilines is 5. The molecule has 5 saturated heterocycles. The predicted molar refractivity (Wildman–Crippen MR) is 462 cm³/mol. The zero-order valence-electron chi connectivity index (χ0n) is 72.6. The van der Waals surface area contributed by atoms with E-state index in [1.54, 1.807) is 56.6 Å². The Kier molecular flexibility index (Phi) is 36.1. The van der Waals surface area contributed by atoms with E-state index in [-0.39, 0.29) is 97.6 Å². The number of hydrogen-bond donors (Lipinski definition) is 8. The standard InChI is InChI=1S/C22H41N5O3Si2.C15H21N6O3P.C13H19N5O.C12H17N5O2.C10H13N5O3.2C3H7.Ni/c1-21(2,3)31(7,8)28-12-16-15(30-32(9,10)22(4,5)6)11-17(29-16)27-14-26-18-19(23)24-13-25-20(18)27;1-3-10-11(24-25-22-6-4-5-16)7-12(23-10)21-9-20-13-14(17-2)18-8-19-15(13)21;1-4-9-8(2)5-10(19-9)18-7-17-11-12(14-3)15-6-16-13(11)18;1-3-8-7(18)4-9(19-8)17-6-16-10-11(13-2)14-5-15-12(10)17;11-9-8-10(13-3-12-9)15(4-14-8)7-1-5(17)6(2-16)18-7;2*1-3-2;/h13-17H,11-12H2,1-10H3,(H2,23,24,25);8-12,25H,3-4,6-7H2,1-2H3,(H,17,18,19);6-10H,4-5H2,1-3H3,(H,14,15,16);5-9,18H,3-4H2,1-2H3,(H,13,14,15);3-7,16-17H,1-2H2,(H2,11,12,13);2*1,3H2,2H3;/q;;;;;2*-1;+2/t15-,16-,17-;10-,11-,12-;8-,9-,10-;7-,8-,9-;5-,6-,7-;;;/m11111.../s1. The number of nitrogens with zero attached hydrogens (tertiary/aromatic N) is 21. The van der Waals surface area contributed by atoms with Gasteiger partial charge in [0.05, 0.1) is 107 Å². The summed E-state index contributed by atoms with van der Waals surface area (Å²) in [5.41, 5.74) is 18.5. The molecule has 0 radical (unpaired) electrons. The second kappa shape index (κ2) is 44.4. The van der Waals surface area contributed by atoms with Gasteiger partial charge in [-0.15, -0.1) is 0 Å². The van der Waals surface area contributed by atoms with Crippen LogP contribution in [0.25, 0.3) is 55.8 Å². The molecule has 5 fully saturated rings. The van der Waals surface area contributed by atoms with Crippen molar-refractivity contribution in [2.75, 3.05) is 68.4 Å².